The van der Waals surface area contributed by atoms with Crippen molar-refractivity contribution in [3.8, 4) is 0 Å². The number of hydrogen-bond donors (Lipinski definition) is 1. The maximum absolute atomic E-state index is 14.0. The summed E-state index contributed by atoms with van der Waals surface area (Å²) < 4.78 is 14.9. The van der Waals surface area contributed by atoms with Crippen LogP contribution in [0.1, 0.15) is 87.2 Å². The third-order valence-electron chi connectivity index (χ3n) is 10.2. The van der Waals surface area contributed by atoms with Gasteiger partial charge in [0.05, 0.1) is 12.7 Å². The van der Waals surface area contributed by atoms with Crippen molar-refractivity contribution in [3.05, 3.63) is 35.5 Å². The topological polar surface area (TPSA) is 79.6 Å². The number of fused-ring (bicyclic) bond motifs is 1. The van der Waals surface area contributed by atoms with E-state index in [4.69, 9.17) is 0 Å². The van der Waals surface area contributed by atoms with E-state index in [1.54, 1.807) is 17.7 Å². The zero-order valence-electron chi connectivity index (χ0n) is 23.4. The summed E-state index contributed by atoms with van der Waals surface area (Å²) in [6.45, 7) is 2.31. The minimum absolute atomic E-state index is 0.0476. The van der Waals surface area contributed by atoms with E-state index < -0.39 is 5.97 Å². The SMILES string of the molecule is C[C@H](CF)C1CCC(C(=O)N2CC[C@@H](C3CCCCC3)[C@H]2C(=O)Cc2ccc3c(c2)cc(C(=O)O)n3C)CC1. The summed E-state index contributed by atoms with van der Waals surface area (Å²) >= 11 is 0. The van der Waals surface area contributed by atoms with E-state index in [0.717, 1.165) is 61.4 Å². The van der Waals surface area contributed by atoms with Crippen molar-refractivity contribution in [2.75, 3.05) is 13.2 Å². The third-order valence-corrected chi connectivity index (χ3v) is 10.2. The van der Waals surface area contributed by atoms with Gasteiger partial charge in [-0.1, -0.05) is 45.1 Å². The summed E-state index contributed by atoms with van der Waals surface area (Å²) in [5, 5.41) is 10.3. The number of nitrogens with zero attached hydrogens (tertiary/aromatic N) is 2. The fraction of sp³-hybridized carbons (Fsp3) is 0.656. The van der Waals surface area contributed by atoms with Gasteiger partial charge in [0.25, 0.3) is 0 Å². The van der Waals surface area contributed by atoms with Crippen LogP contribution in [-0.2, 0) is 23.1 Å². The molecule has 1 amide bonds. The molecule has 2 aromatic rings. The average molecular weight is 539 g/mol. The van der Waals surface area contributed by atoms with Crippen molar-refractivity contribution in [2.24, 2.45) is 36.6 Å². The number of aromatic nitrogens is 1. The highest BCUT2D eigenvalue weighted by atomic mass is 19.1. The molecule has 0 radical (unpaired) electrons. The largest absolute Gasteiger partial charge is 0.477 e. The smallest absolute Gasteiger partial charge is 0.352 e. The number of alkyl halides is 1. The van der Waals surface area contributed by atoms with Gasteiger partial charge in [0.2, 0.25) is 5.91 Å². The van der Waals surface area contributed by atoms with Gasteiger partial charge in [-0.05, 0) is 79.5 Å². The number of carboxylic acid groups (broad SMARTS) is 1. The molecule has 0 bridgehead atoms. The second-order valence-corrected chi connectivity index (χ2v) is 12.5. The first-order valence-corrected chi connectivity index (χ1v) is 15.0. The number of benzene rings is 1. The number of ketones is 1. The van der Waals surface area contributed by atoms with Crippen LogP contribution in [0.25, 0.3) is 10.9 Å². The summed E-state index contributed by atoms with van der Waals surface area (Å²) in [5.41, 5.74) is 1.89. The first kappa shape index (κ1) is 27.9. The molecule has 212 valence electrons. The lowest BCUT2D eigenvalue weighted by Crippen LogP contribution is -2.48. The molecule has 3 atom stereocenters. The van der Waals surface area contributed by atoms with Crippen molar-refractivity contribution >= 4 is 28.6 Å². The Bertz CT molecular complexity index is 1210. The zero-order chi connectivity index (χ0) is 27.7. The highest BCUT2D eigenvalue weighted by Crippen LogP contribution is 2.42. The monoisotopic (exact) mass is 538 g/mol. The number of Topliss-reactive ketones (excluding diaryl/α,β-unsaturated/α-hetero) is 1. The molecule has 0 unspecified atom stereocenters. The Morgan fingerprint density at radius 1 is 1.00 bits per heavy atom. The summed E-state index contributed by atoms with van der Waals surface area (Å²) in [5.74, 6) is 0.280. The number of carboxylic acids is 1. The number of halogens is 1. The van der Waals surface area contributed by atoms with E-state index >= 15 is 0 Å². The number of aryl methyl sites for hydroxylation is 1. The molecule has 1 aliphatic heterocycles. The van der Waals surface area contributed by atoms with Crippen LogP contribution in [-0.4, -0.2) is 51.5 Å². The van der Waals surface area contributed by atoms with Gasteiger partial charge in [0.15, 0.2) is 5.78 Å². The van der Waals surface area contributed by atoms with Crippen LogP contribution < -0.4 is 0 Å². The van der Waals surface area contributed by atoms with Crippen LogP contribution in [0.3, 0.4) is 0 Å². The number of carbonyl (C=O) groups is 3. The molecule has 2 saturated carbocycles. The molecule has 1 N–H and O–H groups in total. The number of likely N-dealkylation sites (tertiary alicyclic amines) is 1. The van der Waals surface area contributed by atoms with E-state index in [-0.39, 0.29) is 54.3 Å². The van der Waals surface area contributed by atoms with E-state index in [9.17, 15) is 23.9 Å². The van der Waals surface area contributed by atoms with Crippen LogP contribution in [0, 0.1) is 29.6 Å². The lowest BCUT2D eigenvalue weighted by molar-refractivity contribution is -0.143. The number of rotatable bonds is 8. The van der Waals surface area contributed by atoms with Crippen LogP contribution >= 0.6 is 0 Å². The Balaban J connectivity index is 1.35. The second kappa shape index (κ2) is 11.8. The summed E-state index contributed by atoms with van der Waals surface area (Å²) in [7, 11) is 1.74. The third kappa shape index (κ3) is 5.64. The van der Waals surface area contributed by atoms with E-state index in [1.807, 2.05) is 30.0 Å². The Kier molecular flexibility index (Phi) is 8.43. The maximum Gasteiger partial charge on any atom is 0.352 e. The molecular formula is C32H43FN2O4. The van der Waals surface area contributed by atoms with Crippen LogP contribution in [0.2, 0.25) is 0 Å². The molecule has 3 aliphatic rings. The molecule has 6 nitrogen and oxygen atoms in total. The van der Waals surface area contributed by atoms with Gasteiger partial charge in [0, 0.05) is 36.8 Å². The number of aromatic carboxylic acids is 1. The lowest BCUT2D eigenvalue weighted by atomic mass is 9.74. The molecule has 2 aliphatic carbocycles. The highest BCUT2D eigenvalue weighted by Gasteiger charge is 2.46. The standard InChI is InChI=1S/C32H43FN2O4/c1-20(19-33)22-9-11-24(12-10-22)31(37)35-15-14-26(23-6-4-3-5-7-23)30(35)29(36)17-21-8-13-27-25(16-21)18-28(32(38)39)34(27)2/h8,13,16,18,20,22-24,26,30H,3-7,9-12,14-15,17,19H2,1-2H3,(H,38,39)/t20-,22?,24?,26+,30+/m1/s1. The van der Waals surface area contributed by atoms with Gasteiger partial charge in [-0.15, -0.1) is 0 Å². The second-order valence-electron chi connectivity index (χ2n) is 12.5. The average Bonchev–Trinajstić information content (AvgIpc) is 3.54. The first-order valence-electron chi connectivity index (χ1n) is 15.0. The Labute approximate surface area is 230 Å². The van der Waals surface area contributed by atoms with Gasteiger partial charge >= 0.3 is 5.97 Å². The van der Waals surface area contributed by atoms with E-state index in [1.165, 1.54) is 19.3 Å². The molecule has 3 fully saturated rings. The van der Waals surface area contributed by atoms with Crippen LogP contribution in [0.4, 0.5) is 4.39 Å². The maximum atomic E-state index is 14.0. The van der Waals surface area contributed by atoms with Crippen LogP contribution in [0.15, 0.2) is 24.3 Å². The Hall–Kier alpha value is -2.70. The molecule has 39 heavy (non-hydrogen) atoms. The lowest BCUT2D eigenvalue weighted by Gasteiger charge is -2.37. The predicted octanol–water partition coefficient (Wildman–Crippen LogP) is 6.20. The summed E-state index contributed by atoms with van der Waals surface area (Å²) in [6, 6.07) is 6.99. The van der Waals surface area contributed by atoms with Crippen molar-refractivity contribution in [3.63, 3.8) is 0 Å². The van der Waals surface area contributed by atoms with Crippen molar-refractivity contribution in [2.45, 2.75) is 83.6 Å². The molecule has 5 rings (SSSR count). The normalized spacial score (nSPS) is 27.1. The fourth-order valence-corrected chi connectivity index (χ4v) is 7.85. The predicted molar refractivity (Wildman–Crippen MR) is 149 cm³/mol. The van der Waals surface area contributed by atoms with Crippen molar-refractivity contribution < 1.29 is 23.9 Å². The molecule has 2 heterocycles. The minimum Gasteiger partial charge on any atom is -0.477 e. The Morgan fingerprint density at radius 2 is 1.72 bits per heavy atom. The van der Waals surface area contributed by atoms with E-state index in [0.29, 0.717) is 18.4 Å². The number of hydrogen-bond acceptors (Lipinski definition) is 3. The highest BCUT2D eigenvalue weighted by molar-refractivity contribution is 5.96. The summed E-state index contributed by atoms with van der Waals surface area (Å²) in [6.07, 6.45) is 10.4. The Morgan fingerprint density at radius 3 is 2.38 bits per heavy atom. The van der Waals surface area contributed by atoms with Gasteiger partial charge in [-0.3, -0.25) is 14.0 Å². The molecule has 1 aromatic carbocycles. The first-order chi connectivity index (χ1) is 18.8. The zero-order valence-corrected chi connectivity index (χ0v) is 23.4. The van der Waals surface area contributed by atoms with Crippen LogP contribution in [0.5, 0.6) is 0 Å². The number of carbonyl (C=O) groups excluding carboxylic acids is 2. The number of amides is 1. The summed E-state index contributed by atoms with van der Waals surface area (Å²) in [4.78, 5) is 41.4. The van der Waals surface area contributed by atoms with Crippen molar-refractivity contribution in [1.29, 1.82) is 0 Å². The minimum atomic E-state index is -0.977. The quantitative estimate of drug-likeness (QED) is 0.434. The molecule has 1 saturated heterocycles. The fourth-order valence-electron chi connectivity index (χ4n) is 7.85. The van der Waals surface area contributed by atoms with E-state index in [2.05, 4.69) is 0 Å². The van der Waals surface area contributed by atoms with Gasteiger partial charge in [-0.2, -0.15) is 0 Å². The molecule has 1 aromatic heterocycles. The van der Waals surface area contributed by atoms with Gasteiger partial charge in [0.1, 0.15) is 5.69 Å². The molecule has 7 heteroatoms. The van der Waals surface area contributed by atoms with Gasteiger partial charge < -0.3 is 14.6 Å². The van der Waals surface area contributed by atoms with Crippen molar-refractivity contribution in [1.82, 2.24) is 9.47 Å². The molecular weight excluding hydrogens is 495 g/mol. The van der Waals surface area contributed by atoms with Gasteiger partial charge in [-0.25, -0.2) is 4.79 Å². The molecule has 0 spiro atoms.